The molecule has 0 aliphatic heterocycles. The van der Waals surface area contributed by atoms with Crippen LogP contribution in [0.25, 0.3) is 0 Å². The SMILES string of the molecule is COc1cccc(CCNC(=O)Nc2c(C)cccc2C)c1. The van der Waals surface area contributed by atoms with Crippen LogP contribution in [-0.4, -0.2) is 19.7 Å². The molecule has 0 aliphatic carbocycles. The Bertz CT molecular complexity index is 633. The van der Waals surface area contributed by atoms with Crippen molar-refractivity contribution in [1.82, 2.24) is 5.32 Å². The second-order valence-electron chi connectivity index (χ2n) is 5.25. The Balaban J connectivity index is 1.85. The molecule has 0 unspecified atom stereocenters. The van der Waals surface area contributed by atoms with Gasteiger partial charge < -0.3 is 15.4 Å². The summed E-state index contributed by atoms with van der Waals surface area (Å²) in [4.78, 5) is 12.0. The Labute approximate surface area is 131 Å². The minimum absolute atomic E-state index is 0.180. The van der Waals surface area contributed by atoms with Crippen molar-refractivity contribution < 1.29 is 9.53 Å². The molecule has 2 amide bonds. The van der Waals surface area contributed by atoms with Crippen molar-refractivity contribution in [3.05, 3.63) is 59.2 Å². The molecule has 22 heavy (non-hydrogen) atoms. The van der Waals surface area contributed by atoms with Crippen molar-refractivity contribution in [3.63, 3.8) is 0 Å². The van der Waals surface area contributed by atoms with Gasteiger partial charge in [0, 0.05) is 12.2 Å². The number of nitrogens with one attached hydrogen (secondary N) is 2. The van der Waals surface area contributed by atoms with E-state index >= 15 is 0 Å². The zero-order valence-corrected chi connectivity index (χ0v) is 13.3. The first-order valence-corrected chi connectivity index (χ1v) is 7.34. The molecule has 0 aliphatic rings. The summed E-state index contributed by atoms with van der Waals surface area (Å²) >= 11 is 0. The molecule has 0 saturated heterocycles. The number of hydrogen-bond acceptors (Lipinski definition) is 2. The van der Waals surface area contributed by atoms with E-state index < -0.39 is 0 Å². The minimum atomic E-state index is -0.180. The highest BCUT2D eigenvalue weighted by Crippen LogP contribution is 2.19. The highest BCUT2D eigenvalue weighted by Gasteiger charge is 2.06. The van der Waals surface area contributed by atoms with Crippen LogP contribution in [0.2, 0.25) is 0 Å². The number of ether oxygens (including phenoxy) is 1. The molecule has 2 aromatic rings. The van der Waals surface area contributed by atoms with E-state index in [1.54, 1.807) is 7.11 Å². The van der Waals surface area contributed by atoms with Gasteiger partial charge in [-0.2, -0.15) is 0 Å². The van der Waals surface area contributed by atoms with E-state index in [-0.39, 0.29) is 6.03 Å². The molecule has 0 radical (unpaired) electrons. The molecule has 2 N–H and O–H groups in total. The number of aryl methyl sites for hydroxylation is 2. The summed E-state index contributed by atoms with van der Waals surface area (Å²) in [7, 11) is 1.65. The second-order valence-corrected chi connectivity index (χ2v) is 5.25. The standard InChI is InChI=1S/C18H22N2O2/c1-13-6-4-7-14(2)17(13)20-18(21)19-11-10-15-8-5-9-16(12-15)22-3/h4-9,12H,10-11H2,1-3H3,(H2,19,20,21). The smallest absolute Gasteiger partial charge is 0.319 e. The molecule has 0 heterocycles. The molecular formula is C18H22N2O2. The van der Waals surface area contributed by atoms with Gasteiger partial charge in [-0.05, 0) is 49.1 Å². The first-order valence-electron chi connectivity index (χ1n) is 7.34. The Kier molecular flexibility index (Phi) is 5.42. The van der Waals surface area contributed by atoms with E-state index in [0.29, 0.717) is 6.54 Å². The highest BCUT2D eigenvalue weighted by molar-refractivity contribution is 5.90. The summed E-state index contributed by atoms with van der Waals surface area (Å²) in [6.07, 6.45) is 0.761. The van der Waals surface area contributed by atoms with Gasteiger partial charge in [-0.1, -0.05) is 30.3 Å². The van der Waals surface area contributed by atoms with E-state index in [0.717, 1.165) is 34.5 Å². The van der Waals surface area contributed by atoms with E-state index in [1.807, 2.05) is 56.3 Å². The molecule has 0 atom stereocenters. The van der Waals surface area contributed by atoms with Gasteiger partial charge in [0.25, 0.3) is 0 Å². The Hall–Kier alpha value is -2.49. The lowest BCUT2D eigenvalue weighted by molar-refractivity contribution is 0.252. The summed E-state index contributed by atoms with van der Waals surface area (Å²) in [5.41, 5.74) is 4.12. The van der Waals surface area contributed by atoms with Crippen LogP contribution in [-0.2, 0) is 6.42 Å². The zero-order valence-electron chi connectivity index (χ0n) is 13.3. The minimum Gasteiger partial charge on any atom is -0.497 e. The molecule has 4 heteroatoms. The predicted molar refractivity (Wildman–Crippen MR) is 89.6 cm³/mol. The third kappa shape index (κ3) is 4.25. The Morgan fingerprint density at radius 3 is 2.45 bits per heavy atom. The summed E-state index contributed by atoms with van der Waals surface area (Å²) in [5, 5.41) is 5.79. The maximum absolute atomic E-state index is 12.0. The van der Waals surface area contributed by atoms with E-state index in [2.05, 4.69) is 10.6 Å². The topological polar surface area (TPSA) is 50.4 Å². The van der Waals surface area contributed by atoms with Crippen LogP contribution in [0, 0.1) is 13.8 Å². The van der Waals surface area contributed by atoms with Gasteiger partial charge in [-0.15, -0.1) is 0 Å². The second kappa shape index (κ2) is 7.50. The van der Waals surface area contributed by atoms with Crippen molar-refractivity contribution in [1.29, 1.82) is 0 Å². The van der Waals surface area contributed by atoms with Gasteiger partial charge in [0.15, 0.2) is 0 Å². The molecule has 116 valence electrons. The first-order chi connectivity index (χ1) is 10.6. The van der Waals surface area contributed by atoms with Gasteiger partial charge >= 0.3 is 6.03 Å². The number of para-hydroxylation sites is 1. The fourth-order valence-electron chi connectivity index (χ4n) is 2.32. The van der Waals surface area contributed by atoms with Crippen molar-refractivity contribution in [2.75, 3.05) is 19.0 Å². The maximum atomic E-state index is 12.0. The zero-order chi connectivity index (χ0) is 15.9. The number of benzene rings is 2. The summed E-state index contributed by atoms with van der Waals surface area (Å²) in [6, 6.07) is 13.6. The number of anilines is 1. The number of amides is 2. The fourth-order valence-corrected chi connectivity index (χ4v) is 2.32. The van der Waals surface area contributed by atoms with Gasteiger partial charge in [-0.3, -0.25) is 0 Å². The summed E-state index contributed by atoms with van der Waals surface area (Å²) in [5.74, 6) is 0.831. The van der Waals surface area contributed by atoms with Crippen LogP contribution in [0.15, 0.2) is 42.5 Å². The average molecular weight is 298 g/mol. The molecule has 0 aromatic heterocycles. The molecule has 0 saturated carbocycles. The number of carbonyl (C=O) groups excluding carboxylic acids is 1. The number of carbonyl (C=O) groups is 1. The molecule has 4 nitrogen and oxygen atoms in total. The third-order valence-corrected chi connectivity index (χ3v) is 3.55. The lowest BCUT2D eigenvalue weighted by Crippen LogP contribution is -2.31. The lowest BCUT2D eigenvalue weighted by atomic mass is 10.1. The molecule has 2 aromatic carbocycles. The van der Waals surface area contributed by atoms with Crippen molar-refractivity contribution in [2.45, 2.75) is 20.3 Å². The average Bonchev–Trinajstić information content (AvgIpc) is 2.51. The molecular weight excluding hydrogens is 276 g/mol. The number of urea groups is 1. The normalized spacial score (nSPS) is 10.1. The lowest BCUT2D eigenvalue weighted by Gasteiger charge is -2.12. The van der Waals surface area contributed by atoms with Crippen LogP contribution in [0.1, 0.15) is 16.7 Å². The molecule has 0 fully saturated rings. The monoisotopic (exact) mass is 298 g/mol. The predicted octanol–water partition coefficient (Wildman–Crippen LogP) is 3.68. The van der Waals surface area contributed by atoms with Gasteiger partial charge in [0.1, 0.15) is 5.75 Å². The number of rotatable bonds is 5. The largest absolute Gasteiger partial charge is 0.497 e. The molecule has 0 spiro atoms. The molecule has 0 bridgehead atoms. The Morgan fingerprint density at radius 2 is 1.77 bits per heavy atom. The molecule has 2 rings (SSSR count). The van der Waals surface area contributed by atoms with Gasteiger partial charge in [0.05, 0.1) is 7.11 Å². The quantitative estimate of drug-likeness (QED) is 0.884. The van der Waals surface area contributed by atoms with Crippen LogP contribution in [0.3, 0.4) is 0 Å². The summed E-state index contributed by atoms with van der Waals surface area (Å²) in [6.45, 7) is 4.54. The third-order valence-electron chi connectivity index (χ3n) is 3.55. The number of methoxy groups -OCH3 is 1. The summed E-state index contributed by atoms with van der Waals surface area (Å²) < 4.78 is 5.19. The maximum Gasteiger partial charge on any atom is 0.319 e. The number of hydrogen-bond donors (Lipinski definition) is 2. The highest BCUT2D eigenvalue weighted by atomic mass is 16.5. The van der Waals surface area contributed by atoms with Crippen molar-refractivity contribution in [3.8, 4) is 5.75 Å². The Morgan fingerprint density at radius 1 is 1.09 bits per heavy atom. The van der Waals surface area contributed by atoms with Crippen molar-refractivity contribution >= 4 is 11.7 Å². The van der Waals surface area contributed by atoms with E-state index in [1.165, 1.54) is 0 Å². The van der Waals surface area contributed by atoms with Gasteiger partial charge in [-0.25, -0.2) is 4.79 Å². The van der Waals surface area contributed by atoms with Crippen LogP contribution >= 0.6 is 0 Å². The van der Waals surface area contributed by atoms with Crippen molar-refractivity contribution in [2.24, 2.45) is 0 Å². The van der Waals surface area contributed by atoms with Crippen LogP contribution in [0.5, 0.6) is 5.75 Å². The van der Waals surface area contributed by atoms with Crippen LogP contribution < -0.4 is 15.4 Å². The fraction of sp³-hybridized carbons (Fsp3) is 0.278. The van der Waals surface area contributed by atoms with Crippen LogP contribution in [0.4, 0.5) is 10.5 Å². The first kappa shape index (κ1) is 15.9. The van der Waals surface area contributed by atoms with E-state index in [4.69, 9.17) is 4.74 Å². The van der Waals surface area contributed by atoms with E-state index in [9.17, 15) is 4.79 Å². The van der Waals surface area contributed by atoms with Gasteiger partial charge in [0.2, 0.25) is 0 Å².